The number of benzene rings is 1. The summed E-state index contributed by atoms with van der Waals surface area (Å²) in [5, 5.41) is 0. The molecule has 0 bridgehead atoms. The van der Waals surface area contributed by atoms with Crippen LogP contribution in [0.2, 0.25) is 0 Å². The van der Waals surface area contributed by atoms with Crippen molar-refractivity contribution in [1.82, 2.24) is 4.90 Å². The van der Waals surface area contributed by atoms with Gasteiger partial charge in [-0.15, -0.1) is 0 Å². The summed E-state index contributed by atoms with van der Waals surface area (Å²) in [4.78, 5) is 2.26. The first kappa shape index (κ1) is 14.2. The second-order valence-electron chi connectivity index (χ2n) is 4.68. The van der Waals surface area contributed by atoms with E-state index in [1.807, 2.05) is 0 Å². The minimum absolute atomic E-state index is 0.312. The lowest BCUT2D eigenvalue weighted by Gasteiger charge is -2.17. The highest BCUT2D eigenvalue weighted by Gasteiger charge is 2.01. The van der Waals surface area contributed by atoms with Crippen molar-refractivity contribution in [3.63, 3.8) is 0 Å². The fourth-order valence-electron chi connectivity index (χ4n) is 1.62. The minimum Gasteiger partial charge on any atom is -0.377 e. The van der Waals surface area contributed by atoms with Crippen LogP contribution < -0.4 is 5.73 Å². The van der Waals surface area contributed by atoms with E-state index in [0.29, 0.717) is 12.6 Å². The van der Waals surface area contributed by atoms with Gasteiger partial charge >= 0.3 is 0 Å². The van der Waals surface area contributed by atoms with Gasteiger partial charge in [-0.1, -0.05) is 24.3 Å². The maximum absolute atomic E-state index is 5.57. The summed E-state index contributed by atoms with van der Waals surface area (Å²) in [6, 6.07) is 8.46. The third-order valence-electron chi connectivity index (χ3n) is 2.64. The summed E-state index contributed by atoms with van der Waals surface area (Å²) in [6.45, 7) is 7.42. The molecule has 0 spiro atoms. The predicted octanol–water partition coefficient (Wildman–Crippen LogP) is 2.00. The molecule has 0 fully saturated rings. The Bertz CT molecular complexity index is 309. The van der Waals surface area contributed by atoms with Crippen molar-refractivity contribution in [2.24, 2.45) is 5.73 Å². The molecular weight excluding hydrogens is 212 g/mol. The first-order chi connectivity index (χ1) is 8.11. The van der Waals surface area contributed by atoms with Crippen LogP contribution in [-0.2, 0) is 17.8 Å². The molecular formula is C14H24N2O. The van der Waals surface area contributed by atoms with Crippen LogP contribution in [0, 0.1) is 0 Å². The second-order valence-corrected chi connectivity index (χ2v) is 4.68. The normalized spacial score (nSPS) is 11.4. The molecule has 0 aliphatic heterocycles. The van der Waals surface area contributed by atoms with E-state index in [9.17, 15) is 0 Å². The van der Waals surface area contributed by atoms with Gasteiger partial charge in [0.2, 0.25) is 0 Å². The van der Waals surface area contributed by atoms with E-state index in [0.717, 1.165) is 19.7 Å². The number of hydrogen-bond donors (Lipinski definition) is 1. The topological polar surface area (TPSA) is 38.5 Å². The zero-order valence-electron chi connectivity index (χ0n) is 11.1. The SMILES string of the molecule is CC(C)OCCN(C)Cc1ccc(CN)cc1. The molecule has 0 amide bonds. The minimum atomic E-state index is 0.312. The smallest absolute Gasteiger partial charge is 0.0596 e. The Morgan fingerprint density at radius 2 is 1.76 bits per heavy atom. The number of nitrogens with zero attached hydrogens (tertiary/aromatic N) is 1. The van der Waals surface area contributed by atoms with Crippen LogP contribution >= 0.6 is 0 Å². The van der Waals surface area contributed by atoms with E-state index >= 15 is 0 Å². The molecule has 0 aromatic heterocycles. The van der Waals surface area contributed by atoms with E-state index in [2.05, 4.69) is 50.1 Å². The van der Waals surface area contributed by atoms with Gasteiger partial charge in [-0.05, 0) is 32.0 Å². The average molecular weight is 236 g/mol. The summed E-state index contributed by atoms with van der Waals surface area (Å²) >= 11 is 0. The highest BCUT2D eigenvalue weighted by Crippen LogP contribution is 2.06. The van der Waals surface area contributed by atoms with Crippen LogP contribution in [0.5, 0.6) is 0 Å². The van der Waals surface area contributed by atoms with Crippen LogP contribution in [0.4, 0.5) is 0 Å². The number of likely N-dealkylation sites (N-methyl/N-ethyl adjacent to an activating group) is 1. The fourth-order valence-corrected chi connectivity index (χ4v) is 1.62. The number of nitrogens with two attached hydrogens (primary N) is 1. The van der Waals surface area contributed by atoms with Crippen molar-refractivity contribution in [2.45, 2.75) is 33.0 Å². The van der Waals surface area contributed by atoms with E-state index in [1.54, 1.807) is 0 Å². The molecule has 0 saturated heterocycles. The molecule has 2 N–H and O–H groups in total. The monoisotopic (exact) mass is 236 g/mol. The maximum atomic E-state index is 5.57. The van der Waals surface area contributed by atoms with Crippen LogP contribution in [0.1, 0.15) is 25.0 Å². The Morgan fingerprint density at radius 3 is 2.29 bits per heavy atom. The van der Waals surface area contributed by atoms with Crippen LogP contribution in [0.3, 0.4) is 0 Å². The fraction of sp³-hybridized carbons (Fsp3) is 0.571. The van der Waals surface area contributed by atoms with Crippen LogP contribution in [0.15, 0.2) is 24.3 Å². The van der Waals surface area contributed by atoms with Gasteiger partial charge in [0.25, 0.3) is 0 Å². The van der Waals surface area contributed by atoms with Gasteiger partial charge in [-0.25, -0.2) is 0 Å². The summed E-state index contributed by atoms with van der Waals surface area (Å²) in [5.74, 6) is 0. The zero-order chi connectivity index (χ0) is 12.7. The Labute approximate surface area is 105 Å². The van der Waals surface area contributed by atoms with Gasteiger partial charge in [0.05, 0.1) is 12.7 Å². The number of rotatable bonds is 7. The van der Waals surface area contributed by atoms with Crippen LogP contribution in [-0.4, -0.2) is 31.2 Å². The van der Waals surface area contributed by atoms with Crippen LogP contribution in [0.25, 0.3) is 0 Å². The molecule has 0 heterocycles. The summed E-state index contributed by atoms with van der Waals surface area (Å²) in [5.41, 5.74) is 8.06. The molecule has 17 heavy (non-hydrogen) atoms. The van der Waals surface area contributed by atoms with E-state index in [1.165, 1.54) is 11.1 Å². The molecule has 1 rings (SSSR count). The molecule has 3 heteroatoms. The first-order valence-corrected chi connectivity index (χ1v) is 6.20. The van der Waals surface area contributed by atoms with Crippen molar-refractivity contribution in [2.75, 3.05) is 20.2 Å². The number of hydrogen-bond acceptors (Lipinski definition) is 3. The van der Waals surface area contributed by atoms with Gasteiger partial charge in [0.15, 0.2) is 0 Å². The molecule has 96 valence electrons. The van der Waals surface area contributed by atoms with Crippen molar-refractivity contribution >= 4 is 0 Å². The average Bonchev–Trinajstić information content (AvgIpc) is 2.29. The Hall–Kier alpha value is -0.900. The molecule has 0 aliphatic carbocycles. The molecule has 0 radical (unpaired) electrons. The zero-order valence-corrected chi connectivity index (χ0v) is 11.1. The maximum Gasteiger partial charge on any atom is 0.0596 e. The Morgan fingerprint density at radius 1 is 1.18 bits per heavy atom. The summed E-state index contributed by atoms with van der Waals surface area (Å²) in [7, 11) is 2.11. The third kappa shape index (κ3) is 5.82. The second kappa shape index (κ2) is 7.43. The van der Waals surface area contributed by atoms with Crippen molar-refractivity contribution in [3.8, 4) is 0 Å². The van der Waals surface area contributed by atoms with Gasteiger partial charge < -0.3 is 10.5 Å². The molecule has 0 saturated carbocycles. The molecule has 0 atom stereocenters. The molecule has 1 aromatic rings. The quantitative estimate of drug-likeness (QED) is 0.787. The van der Waals surface area contributed by atoms with Crippen molar-refractivity contribution in [3.05, 3.63) is 35.4 Å². The third-order valence-corrected chi connectivity index (χ3v) is 2.64. The molecule has 0 aliphatic rings. The molecule has 3 nitrogen and oxygen atoms in total. The summed E-state index contributed by atoms with van der Waals surface area (Å²) in [6.07, 6.45) is 0.312. The lowest BCUT2D eigenvalue weighted by atomic mass is 10.1. The highest BCUT2D eigenvalue weighted by molar-refractivity contribution is 5.22. The van der Waals surface area contributed by atoms with Crippen molar-refractivity contribution < 1.29 is 4.74 Å². The molecule has 0 unspecified atom stereocenters. The highest BCUT2D eigenvalue weighted by atomic mass is 16.5. The largest absolute Gasteiger partial charge is 0.377 e. The van der Waals surface area contributed by atoms with Gasteiger partial charge in [0.1, 0.15) is 0 Å². The predicted molar refractivity (Wildman–Crippen MR) is 71.8 cm³/mol. The lowest BCUT2D eigenvalue weighted by molar-refractivity contribution is 0.0627. The summed E-state index contributed by atoms with van der Waals surface area (Å²) < 4.78 is 5.53. The van der Waals surface area contributed by atoms with Gasteiger partial charge in [-0.2, -0.15) is 0 Å². The van der Waals surface area contributed by atoms with E-state index in [4.69, 9.17) is 10.5 Å². The van der Waals surface area contributed by atoms with Gasteiger partial charge in [-0.3, -0.25) is 4.90 Å². The first-order valence-electron chi connectivity index (χ1n) is 6.20. The number of ether oxygens (including phenoxy) is 1. The standard InChI is InChI=1S/C14H24N2O/c1-12(2)17-9-8-16(3)11-14-6-4-13(10-15)5-7-14/h4-7,12H,8-11,15H2,1-3H3. The Kier molecular flexibility index (Phi) is 6.19. The van der Waals surface area contributed by atoms with E-state index < -0.39 is 0 Å². The Balaban J connectivity index is 2.31. The van der Waals surface area contributed by atoms with Crippen molar-refractivity contribution in [1.29, 1.82) is 0 Å². The molecule has 1 aromatic carbocycles. The lowest BCUT2D eigenvalue weighted by Crippen LogP contribution is -2.24. The van der Waals surface area contributed by atoms with E-state index in [-0.39, 0.29) is 0 Å². The van der Waals surface area contributed by atoms with Gasteiger partial charge in [0, 0.05) is 19.6 Å².